The lowest BCUT2D eigenvalue weighted by Gasteiger charge is -2.36. The Morgan fingerprint density at radius 1 is 1.38 bits per heavy atom. The Morgan fingerprint density at radius 3 is 2.69 bits per heavy atom. The van der Waals surface area contributed by atoms with E-state index in [1.807, 2.05) is 6.07 Å². The first-order valence-electron chi connectivity index (χ1n) is 5.46. The fourth-order valence-electron chi connectivity index (χ4n) is 2.65. The van der Waals surface area contributed by atoms with Gasteiger partial charge in [0.15, 0.2) is 0 Å². The van der Waals surface area contributed by atoms with E-state index in [-0.39, 0.29) is 23.9 Å². The van der Waals surface area contributed by atoms with Crippen molar-refractivity contribution in [2.75, 3.05) is 7.11 Å². The van der Waals surface area contributed by atoms with Crippen LogP contribution in [-0.4, -0.2) is 13.2 Å². The number of benzene rings is 1. The molecule has 0 aliphatic heterocycles. The van der Waals surface area contributed by atoms with Gasteiger partial charge < -0.3 is 10.5 Å². The fourth-order valence-corrected chi connectivity index (χ4v) is 2.65. The van der Waals surface area contributed by atoms with Gasteiger partial charge in [-0.05, 0) is 41.5 Å². The number of nitrogens with two attached hydrogens (primary N) is 1. The summed E-state index contributed by atoms with van der Waals surface area (Å²) < 4.78 is 5.24. The molecule has 0 radical (unpaired) electrons. The molecule has 0 saturated heterocycles. The van der Waals surface area contributed by atoms with Gasteiger partial charge in [-0.1, -0.05) is 19.9 Å². The van der Waals surface area contributed by atoms with Crippen molar-refractivity contribution in [1.82, 2.24) is 0 Å². The van der Waals surface area contributed by atoms with Crippen LogP contribution in [0.4, 0.5) is 0 Å². The minimum absolute atomic E-state index is 0. The van der Waals surface area contributed by atoms with E-state index in [1.54, 1.807) is 7.11 Å². The van der Waals surface area contributed by atoms with Crippen molar-refractivity contribution in [1.29, 1.82) is 0 Å². The summed E-state index contributed by atoms with van der Waals surface area (Å²) in [5.41, 5.74) is 9.04. The Bertz CT molecular complexity index is 376. The van der Waals surface area contributed by atoms with Crippen LogP contribution in [0.1, 0.15) is 31.4 Å². The third-order valence-electron chi connectivity index (χ3n) is 3.30. The molecule has 0 heterocycles. The van der Waals surface area contributed by atoms with Crippen LogP contribution in [-0.2, 0) is 11.8 Å². The molecule has 1 aromatic carbocycles. The van der Waals surface area contributed by atoms with Crippen molar-refractivity contribution in [3.8, 4) is 5.75 Å². The molecule has 3 heteroatoms. The number of hydrogen-bond donors (Lipinski definition) is 1. The van der Waals surface area contributed by atoms with Crippen LogP contribution in [0.2, 0.25) is 0 Å². The van der Waals surface area contributed by atoms with Gasteiger partial charge in [0.25, 0.3) is 0 Å². The predicted octanol–water partition coefficient (Wildman–Crippen LogP) is 2.67. The first-order valence-corrected chi connectivity index (χ1v) is 5.46. The van der Waals surface area contributed by atoms with Crippen LogP contribution in [0.5, 0.6) is 5.75 Å². The normalized spacial score (nSPS) is 21.9. The van der Waals surface area contributed by atoms with Gasteiger partial charge in [0, 0.05) is 6.04 Å². The zero-order valence-corrected chi connectivity index (χ0v) is 10.9. The molecule has 0 amide bonds. The molecule has 1 aliphatic carbocycles. The number of methoxy groups -OCH3 is 1. The molecule has 0 fully saturated rings. The smallest absolute Gasteiger partial charge is 0.119 e. The first-order chi connectivity index (χ1) is 7.03. The van der Waals surface area contributed by atoms with Gasteiger partial charge in [0.05, 0.1) is 7.11 Å². The third kappa shape index (κ3) is 2.33. The van der Waals surface area contributed by atoms with Gasteiger partial charge in [-0.3, -0.25) is 0 Å². The molecule has 2 N–H and O–H groups in total. The minimum Gasteiger partial charge on any atom is -0.497 e. The van der Waals surface area contributed by atoms with E-state index in [9.17, 15) is 0 Å². The van der Waals surface area contributed by atoms with Gasteiger partial charge in [0.2, 0.25) is 0 Å². The topological polar surface area (TPSA) is 35.2 Å². The number of hydrogen-bond acceptors (Lipinski definition) is 2. The van der Waals surface area contributed by atoms with Crippen LogP contribution in [0.3, 0.4) is 0 Å². The van der Waals surface area contributed by atoms with Gasteiger partial charge in [-0.25, -0.2) is 0 Å². The molecular weight excluding hydrogens is 222 g/mol. The molecule has 90 valence electrons. The summed E-state index contributed by atoms with van der Waals surface area (Å²) in [6, 6.07) is 6.62. The van der Waals surface area contributed by atoms with Crippen molar-refractivity contribution in [3.63, 3.8) is 0 Å². The molecule has 16 heavy (non-hydrogen) atoms. The van der Waals surface area contributed by atoms with Crippen molar-refractivity contribution >= 4 is 12.4 Å². The zero-order valence-electron chi connectivity index (χ0n) is 10.1. The Balaban J connectivity index is 0.00000128. The molecule has 1 unspecified atom stereocenters. The monoisotopic (exact) mass is 241 g/mol. The molecule has 0 saturated carbocycles. The Labute approximate surface area is 104 Å². The maximum absolute atomic E-state index is 6.08. The molecule has 1 aliphatic rings. The largest absolute Gasteiger partial charge is 0.497 e. The SMILES string of the molecule is COc1ccc2c(c1)CC(N)CC2(C)C.Cl. The predicted molar refractivity (Wildman–Crippen MR) is 69.6 cm³/mol. The summed E-state index contributed by atoms with van der Waals surface area (Å²) in [6.45, 7) is 4.52. The number of halogens is 1. The second-order valence-electron chi connectivity index (χ2n) is 5.08. The standard InChI is InChI=1S/C13H19NO.ClH/c1-13(2)8-10(14)6-9-7-11(15-3)4-5-12(9)13;/h4-5,7,10H,6,8,14H2,1-3H3;1H. The lowest BCUT2D eigenvalue weighted by Crippen LogP contribution is -2.37. The van der Waals surface area contributed by atoms with Gasteiger partial charge >= 0.3 is 0 Å². The summed E-state index contributed by atoms with van der Waals surface area (Å²) in [5.74, 6) is 0.929. The molecule has 1 aromatic rings. The number of fused-ring (bicyclic) bond motifs is 1. The molecule has 2 rings (SSSR count). The van der Waals surface area contributed by atoms with E-state index in [0.29, 0.717) is 0 Å². The highest BCUT2D eigenvalue weighted by Gasteiger charge is 2.31. The van der Waals surface area contributed by atoms with E-state index in [4.69, 9.17) is 10.5 Å². The zero-order chi connectivity index (χ0) is 11.1. The van der Waals surface area contributed by atoms with Crippen LogP contribution >= 0.6 is 12.4 Å². The van der Waals surface area contributed by atoms with Crippen molar-refractivity contribution < 1.29 is 4.74 Å². The summed E-state index contributed by atoms with van der Waals surface area (Å²) in [7, 11) is 1.70. The van der Waals surface area contributed by atoms with E-state index in [2.05, 4.69) is 26.0 Å². The van der Waals surface area contributed by atoms with Gasteiger partial charge in [-0.2, -0.15) is 0 Å². The molecular formula is C13H20ClNO. The highest BCUT2D eigenvalue weighted by molar-refractivity contribution is 5.85. The minimum atomic E-state index is 0. The van der Waals surface area contributed by atoms with E-state index in [1.165, 1.54) is 11.1 Å². The van der Waals surface area contributed by atoms with E-state index in [0.717, 1.165) is 18.6 Å². The maximum atomic E-state index is 6.08. The average Bonchev–Trinajstić information content (AvgIpc) is 2.15. The lowest BCUT2D eigenvalue weighted by molar-refractivity contribution is 0.384. The fraction of sp³-hybridized carbons (Fsp3) is 0.538. The second-order valence-corrected chi connectivity index (χ2v) is 5.08. The summed E-state index contributed by atoms with van der Waals surface area (Å²) in [5, 5.41) is 0. The number of ether oxygens (including phenoxy) is 1. The van der Waals surface area contributed by atoms with Crippen LogP contribution < -0.4 is 10.5 Å². The first kappa shape index (κ1) is 13.3. The van der Waals surface area contributed by atoms with E-state index < -0.39 is 0 Å². The Kier molecular flexibility index (Phi) is 3.87. The van der Waals surface area contributed by atoms with Crippen LogP contribution in [0, 0.1) is 0 Å². The summed E-state index contributed by atoms with van der Waals surface area (Å²) >= 11 is 0. The second kappa shape index (κ2) is 4.64. The molecule has 0 bridgehead atoms. The van der Waals surface area contributed by atoms with Crippen LogP contribution in [0.25, 0.3) is 0 Å². The molecule has 2 nitrogen and oxygen atoms in total. The molecule has 0 spiro atoms. The van der Waals surface area contributed by atoms with Crippen molar-refractivity contribution in [3.05, 3.63) is 29.3 Å². The molecule has 1 atom stereocenters. The summed E-state index contributed by atoms with van der Waals surface area (Å²) in [6.07, 6.45) is 2.03. The van der Waals surface area contributed by atoms with Gasteiger partial charge in [-0.15, -0.1) is 12.4 Å². The molecule has 0 aromatic heterocycles. The Hall–Kier alpha value is -0.730. The maximum Gasteiger partial charge on any atom is 0.119 e. The Morgan fingerprint density at radius 2 is 2.06 bits per heavy atom. The summed E-state index contributed by atoms with van der Waals surface area (Å²) in [4.78, 5) is 0. The van der Waals surface area contributed by atoms with Crippen molar-refractivity contribution in [2.45, 2.75) is 38.1 Å². The average molecular weight is 242 g/mol. The highest BCUT2D eigenvalue weighted by Crippen LogP contribution is 2.37. The number of rotatable bonds is 1. The van der Waals surface area contributed by atoms with Crippen LogP contribution in [0.15, 0.2) is 18.2 Å². The van der Waals surface area contributed by atoms with E-state index >= 15 is 0 Å². The third-order valence-corrected chi connectivity index (χ3v) is 3.30. The quantitative estimate of drug-likeness (QED) is 0.821. The lowest BCUT2D eigenvalue weighted by atomic mass is 9.71. The van der Waals surface area contributed by atoms with Gasteiger partial charge in [0.1, 0.15) is 5.75 Å². The highest BCUT2D eigenvalue weighted by atomic mass is 35.5. The van der Waals surface area contributed by atoms with Crippen molar-refractivity contribution in [2.24, 2.45) is 5.73 Å².